The lowest BCUT2D eigenvalue weighted by Crippen LogP contribution is -2.44. The molecule has 1 unspecified atom stereocenters. The summed E-state index contributed by atoms with van der Waals surface area (Å²) in [5.41, 5.74) is 2.38. The fraction of sp³-hybridized carbons (Fsp3) is 0.611. The smallest absolute Gasteiger partial charge is 0.242 e. The summed E-state index contributed by atoms with van der Waals surface area (Å²) < 4.78 is 0. The number of nitrogens with one attached hydrogen (secondary N) is 2. The zero-order chi connectivity index (χ0) is 15.1. The van der Waals surface area contributed by atoms with E-state index in [1.165, 1.54) is 24.8 Å². The normalized spacial score (nSPS) is 17.2. The van der Waals surface area contributed by atoms with Crippen LogP contribution in [0.5, 0.6) is 0 Å². The van der Waals surface area contributed by atoms with Crippen LogP contribution in [0.3, 0.4) is 0 Å². The number of benzene rings is 1. The van der Waals surface area contributed by atoms with E-state index in [-0.39, 0.29) is 11.9 Å². The van der Waals surface area contributed by atoms with Gasteiger partial charge in [0, 0.05) is 11.7 Å². The maximum atomic E-state index is 12.3. The van der Waals surface area contributed by atoms with Gasteiger partial charge in [0.1, 0.15) is 6.04 Å². The maximum Gasteiger partial charge on any atom is 0.242 e. The third-order valence-corrected chi connectivity index (χ3v) is 4.25. The highest BCUT2D eigenvalue weighted by atomic mass is 16.2. The minimum Gasteiger partial charge on any atom is -0.374 e. The third kappa shape index (κ3) is 4.76. The minimum atomic E-state index is -0.190. The van der Waals surface area contributed by atoms with Gasteiger partial charge in [0.05, 0.1) is 0 Å². The Bertz CT molecular complexity index is 452. The molecule has 1 atom stereocenters. The number of rotatable bonds is 6. The first-order chi connectivity index (χ1) is 10.2. The van der Waals surface area contributed by atoms with Crippen LogP contribution in [0.1, 0.15) is 57.9 Å². The molecule has 0 aromatic heterocycles. The van der Waals surface area contributed by atoms with Gasteiger partial charge < -0.3 is 10.6 Å². The first-order valence-corrected chi connectivity index (χ1v) is 8.35. The molecule has 1 aromatic rings. The van der Waals surface area contributed by atoms with Crippen molar-refractivity contribution in [1.29, 1.82) is 0 Å². The summed E-state index contributed by atoms with van der Waals surface area (Å²) in [5, 5.41) is 6.56. The summed E-state index contributed by atoms with van der Waals surface area (Å²) in [5.74, 6) is 0.119. The molecule has 3 heteroatoms. The van der Waals surface area contributed by atoms with Crippen LogP contribution in [0, 0.1) is 0 Å². The zero-order valence-electron chi connectivity index (χ0n) is 13.3. The average molecular weight is 288 g/mol. The first kappa shape index (κ1) is 15.9. The number of anilines is 1. The largest absolute Gasteiger partial charge is 0.374 e. The number of amides is 1. The molecule has 1 aliphatic carbocycles. The second kappa shape index (κ2) is 8.06. The molecule has 3 nitrogen and oxygen atoms in total. The molecule has 2 rings (SSSR count). The molecule has 1 aliphatic rings. The summed E-state index contributed by atoms with van der Waals surface area (Å²) in [6, 6.07) is 8.47. The SMILES string of the molecule is CCCc1ccccc1NC(C)C(=O)NC1CCCCC1. The molecular formula is C18H28N2O. The summed E-state index contributed by atoms with van der Waals surface area (Å²) in [4.78, 5) is 12.3. The fourth-order valence-corrected chi connectivity index (χ4v) is 3.02. The molecule has 0 bridgehead atoms. The van der Waals surface area contributed by atoms with E-state index in [2.05, 4.69) is 35.8 Å². The summed E-state index contributed by atoms with van der Waals surface area (Å²) in [6.07, 6.45) is 8.21. The number of para-hydroxylation sites is 1. The van der Waals surface area contributed by atoms with Crippen molar-refractivity contribution in [3.05, 3.63) is 29.8 Å². The number of hydrogen-bond donors (Lipinski definition) is 2. The van der Waals surface area contributed by atoms with Gasteiger partial charge in [-0.05, 0) is 37.8 Å². The number of aryl methyl sites for hydroxylation is 1. The van der Waals surface area contributed by atoms with Crippen molar-refractivity contribution in [2.75, 3.05) is 5.32 Å². The van der Waals surface area contributed by atoms with Gasteiger partial charge in [0.15, 0.2) is 0 Å². The van der Waals surface area contributed by atoms with Crippen molar-refractivity contribution < 1.29 is 4.79 Å². The minimum absolute atomic E-state index is 0.119. The molecule has 116 valence electrons. The third-order valence-electron chi connectivity index (χ3n) is 4.25. The molecule has 0 spiro atoms. The van der Waals surface area contributed by atoms with E-state index in [4.69, 9.17) is 0 Å². The van der Waals surface area contributed by atoms with Gasteiger partial charge in [0.25, 0.3) is 0 Å². The van der Waals surface area contributed by atoms with Crippen LogP contribution >= 0.6 is 0 Å². The van der Waals surface area contributed by atoms with E-state index in [9.17, 15) is 4.79 Å². The van der Waals surface area contributed by atoms with Gasteiger partial charge in [-0.15, -0.1) is 0 Å². The fourth-order valence-electron chi connectivity index (χ4n) is 3.02. The van der Waals surface area contributed by atoms with Crippen molar-refractivity contribution in [1.82, 2.24) is 5.32 Å². The lowest BCUT2D eigenvalue weighted by atomic mass is 9.95. The molecule has 0 heterocycles. The average Bonchev–Trinajstić information content (AvgIpc) is 2.50. The van der Waals surface area contributed by atoms with E-state index in [1.807, 2.05) is 13.0 Å². The Morgan fingerprint density at radius 2 is 1.95 bits per heavy atom. The predicted molar refractivity (Wildman–Crippen MR) is 88.5 cm³/mol. The highest BCUT2D eigenvalue weighted by Gasteiger charge is 2.19. The molecule has 21 heavy (non-hydrogen) atoms. The van der Waals surface area contributed by atoms with Crippen molar-refractivity contribution in [3.8, 4) is 0 Å². The molecule has 1 aromatic carbocycles. The van der Waals surface area contributed by atoms with Gasteiger partial charge in [-0.25, -0.2) is 0 Å². The van der Waals surface area contributed by atoms with E-state index in [1.54, 1.807) is 0 Å². The Morgan fingerprint density at radius 1 is 1.24 bits per heavy atom. The van der Waals surface area contributed by atoms with E-state index < -0.39 is 0 Å². The highest BCUT2D eigenvalue weighted by Crippen LogP contribution is 2.19. The monoisotopic (exact) mass is 288 g/mol. The van der Waals surface area contributed by atoms with Gasteiger partial charge in [-0.2, -0.15) is 0 Å². The van der Waals surface area contributed by atoms with Crippen LogP contribution in [-0.2, 0) is 11.2 Å². The Kier molecular flexibility index (Phi) is 6.09. The van der Waals surface area contributed by atoms with Crippen LogP contribution < -0.4 is 10.6 Å². The van der Waals surface area contributed by atoms with Crippen molar-refractivity contribution in [2.24, 2.45) is 0 Å². The molecule has 0 saturated heterocycles. The lowest BCUT2D eigenvalue weighted by Gasteiger charge is -2.25. The molecular weight excluding hydrogens is 260 g/mol. The predicted octanol–water partition coefficient (Wildman–Crippen LogP) is 3.89. The molecule has 1 saturated carbocycles. The Hall–Kier alpha value is -1.51. The zero-order valence-corrected chi connectivity index (χ0v) is 13.3. The first-order valence-electron chi connectivity index (χ1n) is 8.35. The number of carbonyl (C=O) groups excluding carboxylic acids is 1. The number of carbonyl (C=O) groups is 1. The second-order valence-corrected chi connectivity index (χ2v) is 6.12. The molecule has 0 radical (unpaired) electrons. The van der Waals surface area contributed by atoms with Gasteiger partial charge in [-0.3, -0.25) is 4.79 Å². The Labute approximate surface area is 128 Å². The molecule has 1 fully saturated rings. The highest BCUT2D eigenvalue weighted by molar-refractivity contribution is 5.84. The Balaban J connectivity index is 1.90. The van der Waals surface area contributed by atoms with E-state index >= 15 is 0 Å². The van der Waals surface area contributed by atoms with Crippen LogP contribution in [0.4, 0.5) is 5.69 Å². The van der Waals surface area contributed by atoms with Crippen molar-refractivity contribution >= 4 is 11.6 Å². The van der Waals surface area contributed by atoms with E-state index in [0.29, 0.717) is 6.04 Å². The van der Waals surface area contributed by atoms with Crippen LogP contribution in [0.15, 0.2) is 24.3 Å². The van der Waals surface area contributed by atoms with Crippen LogP contribution in [-0.4, -0.2) is 18.0 Å². The summed E-state index contributed by atoms with van der Waals surface area (Å²) >= 11 is 0. The van der Waals surface area contributed by atoms with Crippen LogP contribution in [0.25, 0.3) is 0 Å². The summed E-state index contributed by atoms with van der Waals surface area (Å²) in [6.45, 7) is 4.12. The summed E-state index contributed by atoms with van der Waals surface area (Å²) in [7, 11) is 0. The van der Waals surface area contributed by atoms with Crippen LogP contribution in [0.2, 0.25) is 0 Å². The standard InChI is InChI=1S/C18H28N2O/c1-3-9-15-10-7-8-13-17(15)19-14(2)18(21)20-16-11-5-4-6-12-16/h7-8,10,13-14,16,19H,3-6,9,11-12H2,1-2H3,(H,20,21). The lowest BCUT2D eigenvalue weighted by molar-refractivity contribution is -0.122. The quantitative estimate of drug-likeness (QED) is 0.834. The van der Waals surface area contributed by atoms with E-state index in [0.717, 1.165) is 31.4 Å². The second-order valence-electron chi connectivity index (χ2n) is 6.12. The topological polar surface area (TPSA) is 41.1 Å². The molecule has 0 aliphatic heterocycles. The van der Waals surface area contributed by atoms with Gasteiger partial charge >= 0.3 is 0 Å². The number of hydrogen-bond acceptors (Lipinski definition) is 2. The molecule has 1 amide bonds. The van der Waals surface area contributed by atoms with Crippen molar-refractivity contribution in [3.63, 3.8) is 0 Å². The van der Waals surface area contributed by atoms with Gasteiger partial charge in [0.2, 0.25) is 5.91 Å². The Morgan fingerprint density at radius 3 is 2.67 bits per heavy atom. The maximum absolute atomic E-state index is 12.3. The van der Waals surface area contributed by atoms with Crippen molar-refractivity contribution in [2.45, 2.75) is 70.9 Å². The van der Waals surface area contributed by atoms with Gasteiger partial charge in [-0.1, -0.05) is 50.8 Å². The molecule has 2 N–H and O–H groups in total.